The van der Waals surface area contributed by atoms with Crippen molar-refractivity contribution in [3.8, 4) is 12.3 Å². The molecule has 1 saturated carbocycles. The van der Waals surface area contributed by atoms with E-state index in [2.05, 4.69) is 41.6 Å². The second-order valence-corrected chi connectivity index (χ2v) is 4.53. The fraction of sp³-hybridized carbons (Fsp3) is 0.467. The topological polar surface area (TPSA) is 12.0 Å². The summed E-state index contributed by atoms with van der Waals surface area (Å²) in [5, 5.41) is 3.60. The van der Waals surface area contributed by atoms with Gasteiger partial charge in [0, 0.05) is 19.0 Å². The SMILES string of the molecule is C#CCCC(CNC1CC1)c1ccccc1. The van der Waals surface area contributed by atoms with Gasteiger partial charge in [-0.05, 0) is 30.7 Å². The molecule has 1 aromatic carbocycles. The molecular formula is C15H19N. The van der Waals surface area contributed by atoms with E-state index in [0.29, 0.717) is 5.92 Å². The highest BCUT2D eigenvalue weighted by molar-refractivity contribution is 5.20. The Hall–Kier alpha value is -1.26. The molecule has 0 aliphatic heterocycles. The second-order valence-electron chi connectivity index (χ2n) is 4.53. The third-order valence-electron chi connectivity index (χ3n) is 3.14. The molecule has 2 rings (SSSR count). The molecule has 84 valence electrons. The summed E-state index contributed by atoms with van der Waals surface area (Å²) in [7, 11) is 0. The summed E-state index contributed by atoms with van der Waals surface area (Å²) in [5.74, 6) is 3.31. The summed E-state index contributed by atoms with van der Waals surface area (Å²) < 4.78 is 0. The molecule has 1 aromatic rings. The molecule has 0 aromatic heterocycles. The fourth-order valence-corrected chi connectivity index (χ4v) is 1.97. The quantitative estimate of drug-likeness (QED) is 0.716. The average Bonchev–Trinajstić information content (AvgIpc) is 3.14. The van der Waals surface area contributed by atoms with Crippen molar-refractivity contribution in [2.75, 3.05) is 6.54 Å². The lowest BCUT2D eigenvalue weighted by Gasteiger charge is -2.17. The van der Waals surface area contributed by atoms with Crippen LogP contribution in [0.4, 0.5) is 0 Å². The van der Waals surface area contributed by atoms with Crippen LogP contribution in [0, 0.1) is 12.3 Å². The zero-order valence-electron chi connectivity index (χ0n) is 9.65. The first-order chi connectivity index (χ1) is 7.90. The number of hydrogen-bond acceptors (Lipinski definition) is 1. The van der Waals surface area contributed by atoms with Gasteiger partial charge in [-0.3, -0.25) is 0 Å². The Balaban J connectivity index is 1.92. The van der Waals surface area contributed by atoms with Gasteiger partial charge in [-0.25, -0.2) is 0 Å². The minimum atomic E-state index is 0.567. The van der Waals surface area contributed by atoms with E-state index in [1.807, 2.05) is 0 Å². The maximum absolute atomic E-state index is 5.35. The van der Waals surface area contributed by atoms with E-state index in [0.717, 1.165) is 25.4 Å². The monoisotopic (exact) mass is 213 g/mol. The maximum atomic E-state index is 5.35. The summed E-state index contributed by atoms with van der Waals surface area (Å²) in [6, 6.07) is 11.5. The summed E-state index contributed by atoms with van der Waals surface area (Å²) in [6.07, 6.45) is 9.99. The van der Waals surface area contributed by atoms with Gasteiger partial charge in [0.05, 0.1) is 0 Å². The van der Waals surface area contributed by atoms with Crippen molar-refractivity contribution in [2.24, 2.45) is 0 Å². The normalized spacial score (nSPS) is 16.7. The Kier molecular flexibility index (Phi) is 4.02. The molecule has 0 spiro atoms. The van der Waals surface area contributed by atoms with Crippen LogP contribution in [0.25, 0.3) is 0 Å². The van der Waals surface area contributed by atoms with E-state index in [1.165, 1.54) is 18.4 Å². The summed E-state index contributed by atoms with van der Waals surface area (Å²) in [4.78, 5) is 0. The Bertz CT molecular complexity index is 345. The molecule has 0 amide bonds. The third-order valence-corrected chi connectivity index (χ3v) is 3.14. The van der Waals surface area contributed by atoms with Crippen molar-refractivity contribution in [2.45, 2.75) is 37.6 Å². The van der Waals surface area contributed by atoms with Gasteiger partial charge in [0.25, 0.3) is 0 Å². The van der Waals surface area contributed by atoms with E-state index in [4.69, 9.17) is 6.42 Å². The van der Waals surface area contributed by atoms with Crippen molar-refractivity contribution < 1.29 is 0 Å². The zero-order chi connectivity index (χ0) is 11.2. The molecule has 1 heteroatoms. The van der Waals surface area contributed by atoms with Gasteiger partial charge in [0.15, 0.2) is 0 Å². The van der Waals surface area contributed by atoms with Crippen molar-refractivity contribution in [3.05, 3.63) is 35.9 Å². The number of nitrogens with one attached hydrogen (secondary N) is 1. The number of benzene rings is 1. The highest BCUT2D eigenvalue weighted by Crippen LogP contribution is 2.23. The first kappa shape index (κ1) is 11.2. The Morgan fingerprint density at radius 3 is 2.69 bits per heavy atom. The van der Waals surface area contributed by atoms with Crippen LogP contribution in [0.1, 0.15) is 37.2 Å². The van der Waals surface area contributed by atoms with Crippen molar-refractivity contribution in [1.29, 1.82) is 0 Å². The van der Waals surface area contributed by atoms with Crippen LogP contribution in [0.5, 0.6) is 0 Å². The van der Waals surface area contributed by atoms with E-state index in [-0.39, 0.29) is 0 Å². The van der Waals surface area contributed by atoms with Gasteiger partial charge in [-0.15, -0.1) is 12.3 Å². The first-order valence-corrected chi connectivity index (χ1v) is 6.12. The molecule has 0 heterocycles. The maximum Gasteiger partial charge on any atom is 0.00923 e. The summed E-state index contributed by atoms with van der Waals surface area (Å²) >= 11 is 0. The molecule has 1 fully saturated rings. The molecule has 0 saturated heterocycles. The standard InChI is InChI=1S/C15H19N/c1-2-3-7-14(12-16-15-10-11-15)13-8-5-4-6-9-13/h1,4-6,8-9,14-16H,3,7,10-12H2. The van der Waals surface area contributed by atoms with Gasteiger partial charge in [0.2, 0.25) is 0 Å². The summed E-state index contributed by atoms with van der Waals surface area (Å²) in [6.45, 7) is 1.07. The van der Waals surface area contributed by atoms with Crippen molar-refractivity contribution >= 4 is 0 Å². The fourth-order valence-electron chi connectivity index (χ4n) is 1.97. The zero-order valence-corrected chi connectivity index (χ0v) is 9.65. The predicted octanol–water partition coefficient (Wildman–Crippen LogP) is 2.94. The summed E-state index contributed by atoms with van der Waals surface area (Å²) in [5.41, 5.74) is 1.41. The molecule has 0 radical (unpaired) electrons. The van der Waals surface area contributed by atoms with E-state index in [9.17, 15) is 0 Å². The van der Waals surface area contributed by atoms with Crippen LogP contribution in [0.15, 0.2) is 30.3 Å². The van der Waals surface area contributed by atoms with Gasteiger partial charge in [-0.2, -0.15) is 0 Å². The lowest BCUT2D eigenvalue weighted by molar-refractivity contribution is 0.555. The smallest absolute Gasteiger partial charge is 0.00923 e. The second kappa shape index (κ2) is 5.72. The van der Waals surface area contributed by atoms with E-state index >= 15 is 0 Å². The molecule has 1 aliphatic rings. The Labute approximate surface area is 98.3 Å². The average molecular weight is 213 g/mol. The molecule has 1 aliphatic carbocycles. The minimum Gasteiger partial charge on any atom is -0.313 e. The molecule has 1 nitrogen and oxygen atoms in total. The van der Waals surface area contributed by atoms with E-state index in [1.54, 1.807) is 0 Å². The van der Waals surface area contributed by atoms with Crippen LogP contribution in [-0.2, 0) is 0 Å². The molecule has 1 N–H and O–H groups in total. The Morgan fingerprint density at radius 1 is 1.31 bits per heavy atom. The lowest BCUT2D eigenvalue weighted by atomic mass is 9.94. The van der Waals surface area contributed by atoms with Gasteiger partial charge < -0.3 is 5.32 Å². The number of hydrogen-bond donors (Lipinski definition) is 1. The molecular weight excluding hydrogens is 194 g/mol. The lowest BCUT2D eigenvalue weighted by Crippen LogP contribution is -2.23. The van der Waals surface area contributed by atoms with Crippen molar-refractivity contribution in [1.82, 2.24) is 5.32 Å². The van der Waals surface area contributed by atoms with Crippen LogP contribution in [0.3, 0.4) is 0 Å². The van der Waals surface area contributed by atoms with Crippen molar-refractivity contribution in [3.63, 3.8) is 0 Å². The molecule has 0 bridgehead atoms. The molecule has 1 unspecified atom stereocenters. The first-order valence-electron chi connectivity index (χ1n) is 6.12. The van der Waals surface area contributed by atoms with Crippen LogP contribution < -0.4 is 5.32 Å². The van der Waals surface area contributed by atoms with Crippen LogP contribution >= 0.6 is 0 Å². The largest absolute Gasteiger partial charge is 0.313 e. The predicted molar refractivity (Wildman–Crippen MR) is 68.3 cm³/mol. The highest BCUT2D eigenvalue weighted by atomic mass is 14.9. The van der Waals surface area contributed by atoms with Gasteiger partial charge >= 0.3 is 0 Å². The van der Waals surface area contributed by atoms with Crippen LogP contribution in [0.2, 0.25) is 0 Å². The highest BCUT2D eigenvalue weighted by Gasteiger charge is 2.22. The third kappa shape index (κ3) is 3.40. The van der Waals surface area contributed by atoms with E-state index < -0.39 is 0 Å². The molecule has 1 atom stereocenters. The van der Waals surface area contributed by atoms with Gasteiger partial charge in [-0.1, -0.05) is 30.3 Å². The number of terminal acetylenes is 1. The van der Waals surface area contributed by atoms with Gasteiger partial charge in [0.1, 0.15) is 0 Å². The number of rotatable bonds is 6. The Morgan fingerprint density at radius 2 is 2.06 bits per heavy atom. The molecule has 16 heavy (non-hydrogen) atoms. The minimum absolute atomic E-state index is 0.567. The van der Waals surface area contributed by atoms with Crippen LogP contribution in [-0.4, -0.2) is 12.6 Å².